The Morgan fingerprint density at radius 1 is 1.04 bits per heavy atom. The molecule has 3 aromatic rings. The van der Waals surface area contributed by atoms with Gasteiger partial charge in [-0.05, 0) is 54.4 Å². The van der Waals surface area contributed by atoms with Crippen molar-refractivity contribution in [3.63, 3.8) is 0 Å². The van der Waals surface area contributed by atoms with Crippen LogP contribution in [-0.2, 0) is 7.05 Å². The van der Waals surface area contributed by atoms with Crippen molar-refractivity contribution < 1.29 is 14.3 Å². The second kappa shape index (κ2) is 8.17. The van der Waals surface area contributed by atoms with Crippen molar-refractivity contribution in [1.29, 1.82) is 0 Å². The molecule has 0 saturated heterocycles. The lowest BCUT2D eigenvalue weighted by Crippen LogP contribution is -2.28. The average Bonchev–Trinajstić information content (AvgIpc) is 3.02. The van der Waals surface area contributed by atoms with Gasteiger partial charge in [0.25, 0.3) is 11.8 Å². The quantitative estimate of drug-likeness (QED) is 0.684. The summed E-state index contributed by atoms with van der Waals surface area (Å²) in [6, 6.07) is 14.4. The van der Waals surface area contributed by atoms with Gasteiger partial charge in [0.1, 0.15) is 11.4 Å². The summed E-state index contributed by atoms with van der Waals surface area (Å²) in [6.07, 6.45) is 0. The summed E-state index contributed by atoms with van der Waals surface area (Å²) in [5, 5.41) is 6.73. The van der Waals surface area contributed by atoms with Gasteiger partial charge in [0.05, 0.1) is 7.11 Å². The number of nitrogens with one attached hydrogen (secondary N) is 2. The molecule has 6 nitrogen and oxygen atoms in total. The van der Waals surface area contributed by atoms with Gasteiger partial charge >= 0.3 is 0 Å². The van der Waals surface area contributed by atoms with E-state index in [1.807, 2.05) is 35.9 Å². The van der Waals surface area contributed by atoms with Gasteiger partial charge in [0.15, 0.2) is 0 Å². The number of carbonyl (C=O) groups is 2. The maximum Gasteiger partial charge on any atom is 0.267 e. The minimum absolute atomic E-state index is 0.101. The van der Waals surface area contributed by atoms with Crippen molar-refractivity contribution in [3.05, 3.63) is 59.8 Å². The number of rotatable bonds is 6. The van der Waals surface area contributed by atoms with Gasteiger partial charge in [-0.2, -0.15) is 0 Å². The Morgan fingerprint density at radius 3 is 2.39 bits per heavy atom. The Labute approximate surface area is 164 Å². The lowest BCUT2D eigenvalue weighted by Gasteiger charge is -2.08. The zero-order valence-electron chi connectivity index (χ0n) is 16.6. The Hall–Kier alpha value is -3.28. The molecular weight excluding hydrogens is 354 g/mol. The molecule has 2 aromatic carbocycles. The number of ether oxygens (including phenoxy) is 1. The topological polar surface area (TPSA) is 72.4 Å². The highest BCUT2D eigenvalue weighted by molar-refractivity contribution is 6.06. The van der Waals surface area contributed by atoms with Crippen molar-refractivity contribution in [2.75, 3.05) is 19.0 Å². The average molecular weight is 379 g/mol. The van der Waals surface area contributed by atoms with E-state index in [4.69, 9.17) is 4.74 Å². The molecule has 0 aliphatic heterocycles. The van der Waals surface area contributed by atoms with E-state index in [-0.39, 0.29) is 11.8 Å². The molecule has 0 radical (unpaired) electrons. The summed E-state index contributed by atoms with van der Waals surface area (Å²) in [7, 11) is 3.45. The molecule has 2 amide bonds. The molecule has 0 aliphatic carbocycles. The first-order valence-corrected chi connectivity index (χ1v) is 9.22. The largest absolute Gasteiger partial charge is 0.497 e. The van der Waals surface area contributed by atoms with Gasteiger partial charge in [-0.25, -0.2) is 0 Å². The molecule has 0 aliphatic rings. The van der Waals surface area contributed by atoms with Gasteiger partial charge in [-0.15, -0.1) is 0 Å². The highest BCUT2D eigenvalue weighted by atomic mass is 16.5. The number of nitrogens with zero attached hydrogens (tertiary/aromatic N) is 1. The zero-order chi connectivity index (χ0) is 20.3. The third kappa shape index (κ3) is 4.17. The van der Waals surface area contributed by atoms with Crippen LogP contribution in [0.2, 0.25) is 0 Å². The number of hydrogen-bond donors (Lipinski definition) is 2. The summed E-state index contributed by atoms with van der Waals surface area (Å²) >= 11 is 0. The summed E-state index contributed by atoms with van der Waals surface area (Å²) in [6.45, 7) is 4.74. The molecule has 6 heteroatoms. The van der Waals surface area contributed by atoms with E-state index in [0.29, 0.717) is 35.2 Å². The molecule has 2 N–H and O–H groups in total. The van der Waals surface area contributed by atoms with Gasteiger partial charge in [0, 0.05) is 35.7 Å². The zero-order valence-corrected chi connectivity index (χ0v) is 16.6. The number of anilines is 1. The maximum atomic E-state index is 12.5. The smallest absolute Gasteiger partial charge is 0.267 e. The Balaban J connectivity index is 1.79. The minimum Gasteiger partial charge on any atom is -0.497 e. The number of methoxy groups -OCH3 is 1. The van der Waals surface area contributed by atoms with E-state index < -0.39 is 0 Å². The Morgan fingerprint density at radius 2 is 1.75 bits per heavy atom. The Bertz CT molecular complexity index is 1000. The number of carbonyl (C=O) groups excluding carboxylic acids is 2. The lowest BCUT2D eigenvalue weighted by molar-refractivity contribution is 0.0940. The first-order chi connectivity index (χ1) is 13.4. The van der Waals surface area contributed by atoms with Crippen LogP contribution >= 0.6 is 0 Å². The van der Waals surface area contributed by atoms with Crippen molar-refractivity contribution in [1.82, 2.24) is 9.88 Å². The second-order valence-electron chi connectivity index (χ2n) is 7.15. The molecule has 0 unspecified atom stereocenters. The van der Waals surface area contributed by atoms with Crippen LogP contribution in [0.3, 0.4) is 0 Å². The minimum atomic E-state index is -0.201. The fraction of sp³-hybridized carbons (Fsp3) is 0.273. The fourth-order valence-corrected chi connectivity index (χ4v) is 2.98. The van der Waals surface area contributed by atoms with Crippen LogP contribution in [0.25, 0.3) is 10.9 Å². The molecule has 28 heavy (non-hydrogen) atoms. The van der Waals surface area contributed by atoms with Gasteiger partial charge in [-0.3, -0.25) is 9.59 Å². The highest BCUT2D eigenvalue weighted by Crippen LogP contribution is 2.23. The van der Waals surface area contributed by atoms with E-state index in [1.54, 1.807) is 31.4 Å². The molecule has 0 atom stereocenters. The molecule has 3 rings (SSSR count). The van der Waals surface area contributed by atoms with Crippen LogP contribution in [0.4, 0.5) is 5.69 Å². The molecule has 0 saturated carbocycles. The van der Waals surface area contributed by atoms with Crippen LogP contribution in [0.5, 0.6) is 5.75 Å². The standard InChI is InChI=1S/C22H25N3O3/c1-14(2)13-23-22(27)20-12-16-11-17(7-10-19(16)25(20)3)24-21(26)15-5-8-18(28-4)9-6-15/h5-12,14H,13H2,1-4H3,(H,23,27)(H,24,26). The van der Waals surface area contributed by atoms with Crippen molar-refractivity contribution in [3.8, 4) is 5.75 Å². The molecule has 0 fully saturated rings. The van der Waals surface area contributed by atoms with E-state index in [1.165, 1.54) is 0 Å². The summed E-state index contributed by atoms with van der Waals surface area (Å²) in [5.74, 6) is 0.785. The van der Waals surface area contributed by atoms with Crippen LogP contribution in [0, 0.1) is 5.92 Å². The van der Waals surface area contributed by atoms with E-state index in [9.17, 15) is 9.59 Å². The predicted molar refractivity (Wildman–Crippen MR) is 111 cm³/mol. The van der Waals surface area contributed by atoms with E-state index in [2.05, 4.69) is 24.5 Å². The highest BCUT2D eigenvalue weighted by Gasteiger charge is 2.14. The van der Waals surface area contributed by atoms with E-state index in [0.717, 1.165) is 10.9 Å². The number of fused-ring (bicyclic) bond motifs is 1. The first kappa shape index (κ1) is 19.5. The normalized spacial score (nSPS) is 10.9. The van der Waals surface area contributed by atoms with Crippen LogP contribution in [0.1, 0.15) is 34.7 Å². The van der Waals surface area contributed by atoms with Crippen molar-refractivity contribution in [2.24, 2.45) is 13.0 Å². The van der Waals surface area contributed by atoms with Gasteiger partial charge in [0.2, 0.25) is 0 Å². The van der Waals surface area contributed by atoms with Gasteiger partial charge < -0.3 is 19.9 Å². The van der Waals surface area contributed by atoms with E-state index >= 15 is 0 Å². The molecule has 1 aromatic heterocycles. The number of aromatic nitrogens is 1. The maximum absolute atomic E-state index is 12.5. The Kier molecular flexibility index (Phi) is 5.68. The predicted octanol–water partition coefficient (Wildman–Crippen LogP) is 3.83. The molecule has 0 spiro atoms. The van der Waals surface area contributed by atoms with Crippen LogP contribution < -0.4 is 15.4 Å². The summed E-state index contributed by atoms with van der Waals surface area (Å²) in [4.78, 5) is 24.9. The second-order valence-corrected chi connectivity index (χ2v) is 7.15. The number of benzene rings is 2. The third-order valence-corrected chi connectivity index (χ3v) is 4.56. The molecule has 146 valence electrons. The lowest BCUT2D eigenvalue weighted by atomic mass is 10.2. The molecular formula is C22H25N3O3. The summed E-state index contributed by atoms with van der Waals surface area (Å²) in [5.41, 5.74) is 2.74. The monoisotopic (exact) mass is 379 g/mol. The number of amides is 2. The van der Waals surface area contributed by atoms with Gasteiger partial charge in [-0.1, -0.05) is 13.8 Å². The number of aryl methyl sites for hydroxylation is 1. The fourth-order valence-electron chi connectivity index (χ4n) is 2.98. The van der Waals surface area contributed by atoms with Crippen LogP contribution in [-0.4, -0.2) is 30.0 Å². The van der Waals surface area contributed by atoms with Crippen molar-refractivity contribution >= 4 is 28.4 Å². The molecule has 0 bridgehead atoms. The third-order valence-electron chi connectivity index (χ3n) is 4.56. The summed E-state index contributed by atoms with van der Waals surface area (Å²) < 4.78 is 6.97. The first-order valence-electron chi connectivity index (χ1n) is 9.22. The molecule has 1 heterocycles. The van der Waals surface area contributed by atoms with Crippen LogP contribution in [0.15, 0.2) is 48.5 Å². The number of hydrogen-bond acceptors (Lipinski definition) is 3. The van der Waals surface area contributed by atoms with Crippen molar-refractivity contribution in [2.45, 2.75) is 13.8 Å². The SMILES string of the molecule is COc1ccc(C(=O)Nc2ccc3c(c2)cc(C(=O)NCC(C)C)n3C)cc1.